The smallest absolute Gasteiger partial charge is 0.251 e. The summed E-state index contributed by atoms with van der Waals surface area (Å²) in [5.41, 5.74) is 1.87. The van der Waals surface area contributed by atoms with E-state index in [9.17, 15) is 8.78 Å². The predicted molar refractivity (Wildman–Crippen MR) is 61.8 cm³/mol. The van der Waals surface area contributed by atoms with E-state index in [0.29, 0.717) is 12.6 Å². The third-order valence-corrected chi connectivity index (χ3v) is 3.03. The molecule has 2 rings (SSSR count). The molecule has 1 aliphatic carbocycles. The normalized spacial score (nSPS) is 15.8. The largest absolute Gasteiger partial charge is 0.392 e. The molecule has 17 heavy (non-hydrogen) atoms. The van der Waals surface area contributed by atoms with Gasteiger partial charge >= 0.3 is 0 Å². The summed E-state index contributed by atoms with van der Waals surface area (Å²) in [6.45, 7) is 0.441. The summed E-state index contributed by atoms with van der Waals surface area (Å²) >= 11 is 0. The molecule has 2 nitrogen and oxygen atoms in total. The van der Waals surface area contributed by atoms with Crippen LogP contribution in [0.3, 0.4) is 0 Å². The van der Waals surface area contributed by atoms with E-state index in [0.717, 1.165) is 24.0 Å². The molecule has 0 unspecified atom stereocenters. The molecule has 1 N–H and O–H groups in total. The number of halogens is 2. The zero-order valence-electron chi connectivity index (χ0n) is 9.65. The van der Waals surface area contributed by atoms with E-state index in [2.05, 4.69) is 0 Å². The van der Waals surface area contributed by atoms with Crippen LogP contribution in [-0.2, 0) is 13.2 Å². The van der Waals surface area contributed by atoms with Crippen LogP contribution in [0.1, 0.15) is 24.0 Å². The topological polar surface area (TPSA) is 23.5 Å². The third kappa shape index (κ3) is 3.75. The van der Waals surface area contributed by atoms with Gasteiger partial charge in [-0.15, -0.1) is 0 Å². The monoisotopic (exact) mass is 241 g/mol. The summed E-state index contributed by atoms with van der Waals surface area (Å²) in [6, 6.07) is 7.80. The van der Waals surface area contributed by atoms with Crippen LogP contribution in [0.25, 0.3) is 0 Å². The van der Waals surface area contributed by atoms with Crippen LogP contribution in [0.5, 0.6) is 0 Å². The van der Waals surface area contributed by atoms with Crippen LogP contribution in [0.15, 0.2) is 24.3 Å². The highest BCUT2D eigenvalue weighted by Gasteiger charge is 2.30. The first-order valence-corrected chi connectivity index (χ1v) is 5.90. The lowest BCUT2D eigenvalue weighted by Crippen LogP contribution is -2.30. The molecule has 0 radical (unpaired) electrons. The molecule has 0 spiro atoms. The van der Waals surface area contributed by atoms with Gasteiger partial charge in [-0.3, -0.25) is 4.90 Å². The molecule has 1 saturated carbocycles. The van der Waals surface area contributed by atoms with Crippen molar-refractivity contribution in [2.24, 2.45) is 0 Å². The highest BCUT2D eigenvalue weighted by Crippen LogP contribution is 2.28. The van der Waals surface area contributed by atoms with E-state index >= 15 is 0 Å². The van der Waals surface area contributed by atoms with E-state index in [1.54, 1.807) is 0 Å². The van der Waals surface area contributed by atoms with Crippen LogP contribution in [-0.4, -0.2) is 29.0 Å². The molecular formula is C13H17F2NO. The Balaban J connectivity index is 1.96. The summed E-state index contributed by atoms with van der Waals surface area (Å²) in [7, 11) is 0. The van der Waals surface area contributed by atoms with Crippen molar-refractivity contribution in [1.82, 2.24) is 4.90 Å². The van der Waals surface area contributed by atoms with Crippen molar-refractivity contribution in [2.45, 2.75) is 38.5 Å². The van der Waals surface area contributed by atoms with Crippen LogP contribution in [0.4, 0.5) is 8.78 Å². The minimum atomic E-state index is -2.27. The van der Waals surface area contributed by atoms with E-state index in [4.69, 9.17) is 5.11 Å². The highest BCUT2D eigenvalue weighted by atomic mass is 19.3. The van der Waals surface area contributed by atoms with Crippen LogP contribution >= 0.6 is 0 Å². The number of hydrogen-bond acceptors (Lipinski definition) is 2. The van der Waals surface area contributed by atoms with Crippen molar-refractivity contribution in [2.75, 3.05) is 6.54 Å². The van der Waals surface area contributed by atoms with Crippen molar-refractivity contribution < 1.29 is 13.9 Å². The van der Waals surface area contributed by atoms with Gasteiger partial charge in [-0.2, -0.15) is 0 Å². The number of nitrogens with zero attached hydrogens (tertiary/aromatic N) is 1. The molecule has 0 saturated heterocycles. The van der Waals surface area contributed by atoms with E-state index in [-0.39, 0.29) is 13.2 Å². The maximum atomic E-state index is 12.4. The quantitative estimate of drug-likeness (QED) is 0.826. The summed E-state index contributed by atoms with van der Waals surface area (Å²) in [4.78, 5) is 1.85. The predicted octanol–water partition coefficient (Wildman–Crippen LogP) is 2.41. The second-order valence-electron chi connectivity index (χ2n) is 4.53. The second kappa shape index (κ2) is 5.56. The Labute approximate surface area is 99.9 Å². The SMILES string of the molecule is OCc1ccc(CN(CC(F)F)C2CC2)cc1. The number of alkyl halides is 2. The van der Waals surface area contributed by atoms with Crippen molar-refractivity contribution in [3.63, 3.8) is 0 Å². The Kier molecular flexibility index (Phi) is 4.07. The molecule has 0 atom stereocenters. The van der Waals surface area contributed by atoms with E-state index in [1.807, 2.05) is 29.2 Å². The van der Waals surface area contributed by atoms with Crippen molar-refractivity contribution >= 4 is 0 Å². The fourth-order valence-electron chi connectivity index (χ4n) is 1.94. The van der Waals surface area contributed by atoms with Gasteiger partial charge in [0.2, 0.25) is 0 Å². The van der Waals surface area contributed by atoms with Crippen molar-refractivity contribution in [3.8, 4) is 0 Å². The minimum absolute atomic E-state index is 0.0175. The van der Waals surface area contributed by atoms with Gasteiger partial charge in [0.25, 0.3) is 6.43 Å². The molecular weight excluding hydrogens is 224 g/mol. The Bertz CT molecular complexity index is 349. The Morgan fingerprint density at radius 2 is 1.76 bits per heavy atom. The molecule has 0 heterocycles. The summed E-state index contributed by atoms with van der Waals surface area (Å²) in [6.07, 6.45) is -0.213. The zero-order valence-corrected chi connectivity index (χ0v) is 9.65. The molecule has 0 aliphatic heterocycles. The molecule has 1 aliphatic rings. The molecule has 1 aromatic rings. The lowest BCUT2D eigenvalue weighted by Gasteiger charge is -2.21. The van der Waals surface area contributed by atoms with Gasteiger partial charge in [-0.1, -0.05) is 24.3 Å². The number of benzene rings is 1. The van der Waals surface area contributed by atoms with Gasteiger partial charge < -0.3 is 5.11 Å². The summed E-state index contributed by atoms with van der Waals surface area (Å²) in [5.74, 6) is 0. The van der Waals surface area contributed by atoms with Gasteiger partial charge in [0, 0.05) is 12.6 Å². The summed E-state index contributed by atoms with van der Waals surface area (Å²) in [5, 5.41) is 8.92. The second-order valence-corrected chi connectivity index (χ2v) is 4.53. The van der Waals surface area contributed by atoms with Crippen LogP contribution < -0.4 is 0 Å². The Morgan fingerprint density at radius 3 is 2.24 bits per heavy atom. The summed E-state index contributed by atoms with van der Waals surface area (Å²) < 4.78 is 24.8. The molecule has 0 aromatic heterocycles. The first-order valence-electron chi connectivity index (χ1n) is 5.90. The van der Waals surface area contributed by atoms with Crippen molar-refractivity contribution in [1.29, 1.82) is 0 Å². The fourth-order valence-corrected chi connectivity index (χ4v) is 1.94. The highest BCUT2D eigenvalue weighted by molar-refractivity contribution is 5.22. The van der Waals surface area contributed by atoms with Gasteiger partial charge in [0.05, 0.1) is 13.2 Å². The van der Waals surface area contributed by atoms with Crippen molar-refractivity contribution in [3.05, 3.63) is 35.4 Å². The lowest BCUT2D eigenvalue weighted by atomic mass is 10.1. The van der Waals surface area contributed by atoms with Gasteiger partial charge in [0.15, 0.2) is 0 Å². The van der Waals surface area contributed by atoms with Gasteiger partial charge in [0.1, 0.15) is 0 Å². The molecule has 0 bridgehead atoms. The molecule has 0 amide bonds. The molecule has 1 fully saturated rings. The molecule has 94 valence electrons. The molecule has 1 aromatic carbocycles. The van der Waals surface area contributed by atoms with Crippen LogP contribution in [0.2, 0.25) is 0 Å². The fraction of sp³-hybridized carbons (Fsp3) is 0.538. The lowest BCUT2D eigenvalue weighted by molar-refractivity contribution is 0.0806. The molecule has 4 heteroatoms. The average molecular weight is 241 g/mol. The first kappa shape index (κ1) is 12.5. The maximum Gasteiger partial charge on any atom is 0.251 e. The van der Waals surface area contributed by atoms with E-state index in [1.165, 1.54) is 0 Å². The first-order chi connectivity index (χ1) is 8.19. The Morgan fingerprint density at radius 1 is 1.18 bits per heavy atom. The average Bonchev–Trinajstić information content (AvgIpc) is 3.12. The third-order valence-electron chi connectivity index (χ3n) is 3.03. The van der Waals surface area contributed by atoms with Gasteiger partial charge in [-0.05, 0) is 24.0 Å². The zero-order chi connectivity index (χ0) is 12.3. The van der Waals surface area contributed by atoms with Crippen LogP contribution in [0, 0.1) is 0 Å². The maximum absolute atomic E-state index is 12.4. The number of rotatable bonds is 6. The number of aliphatic hydroxyl groups is 1. The number of hydrogen-bond donors (Lipinski definition) is 1. The minimum Gasteiger partial charge on any atom is -0.392 e. The standard InChI is InChI=1S/C13H17F2NO/c14-13(15)8-16(12-5-6-12)7-10-1-3-11(9-17)4-2-10/h1-4,12-13,17H,5-9H2. The van der Waals surface area contributed by atoms with Gasteiger partial charge in [-0.25, -0.2) is 8.78 Å². The van der Waals surface area contributed by atoms with E-state index < -0.39 is 6.43 Å². The Hall–Kier alpha value is -1.00. The number of aliphatic hydroxyl groups excluding tert-OH is 1.